The molecule has 1 amide bonds. The summed E-state index contributed by atoms with van der Waals surface area (Å²) >= 11 is 0. The van der Waals surface area contributed by atoms with Gasteiger partial charge in [-0.05, 0) is 36.9 Å². The van der Waals surface area contributed by atoms with E-state index in [2.05, 4.69) is 0 Å². The van der Waals surface area contributed by atoms with E-state index < -0.39 is 0 Å². The summed E-state index contributed by atoms with van der Waals surface area (Å²) in [6.45, 7) is 1.28. The molecule has 0 bridgehead atoms. The molecule has 21 heavy (non-hydrogen) atoms. The Morgan fingerprint density at radius 1 is 1.43 bits per heavy atom. The number of nitrogens with zero attached hydrogens (tertiary/aromatic N) is 1. The molecule has 0 heterocycles. The molecule has 116 valence electrons. The second kappa shape index (κ2) is 6.89. The minimum Gasteiger partial charge on any atom is -0.489 e. The Bertz CT molecular complexity index is 483. The van der Waals surface area contributed by atoms with E-state index in [-0.39, 0.29) is 29.5 Å². The number of carbonyl (C=O) groups is 1. The summed E-state index contributed by atoms with van der Waals surface area (Å²) in [5, 5.41) is 0. The van der Waals surface area contributed by atoms with E-state index in [0.717, 1.165) is 19.3 Å². The highest BCUT2D eigenvalue weighted by molar-refractivity contribution is 5.76. The van der Waals surface area contributed by atoms with Gasteiger partial charge in [0, 0.05) is 13.5 Å². The number of nitrogens with two attached hydrogens (primary N) is 1. The highest BCUT2D eigenvalue weighted by atomic mass is 19.1. The van der Waals surface area contributed by atoms with Crippen molar-refractivity contribution in [3.05, 3.63) is 30.1 Å². The van der Waals surface area contributed by atoms with Crippen LogP contribution in [-0.2, 0) is 4.79 Å². The lowest BCUT2D eigenvalue weighted by molar-refractivity contribution is -0.134. The van der Waals surface area contributed by atoms with Gasteiger partial charge in [-0.15, -0.1) is 0 Å². The highest BCUT2D eigenvalue weighted by Crippen LogP contribution is 2.43. The van der Waals surface area contributed by atoms with Crippen LogP contribution in [-0.4, -0.2) is 37.6 Å². The average Bonchev–Trinajstić information content (AvgIpc) is 2.44. The minimum absolute atomic E-state index is 0.0116. The second-order valence-electron chi connectivity index (χ2n) is 5.83. The molecule has 1 aromatic carbocycles. The number of likely N-dealkylation sites (N-methyl/N-ethyl adjacent to an activating group) is 1. The lowest BCUT2D eigenvalue weighted by atomic mass is 9.66. The molecule has 4 nitrogen and oxygen atoms in total. The van der Waals surface area contributed by atoms with Gasteiger partial charge in [0.2, 0.25) is 5.91 Å². The number of halogens is 1. The Balaban J connectivity index is 1.75. The van der Waals surface area contributed by atoms with Gasteiger partial charge in [0.05, 0.1) is 6.54 Å². The average molecular weight is 294 g/mol. The predicted molar refractivity (Wildman–Crippen MR) is 79.5 cm³/mol. The Hall–Kier alpha value is -1.62. The van der Waals surface area contributed by atoms with Crippen molar-refractivity contribution in [3.63, 3.8) is 0 Å². The zero-order valence-electron chi connectivity index (χ0n) is 12.5. The summed E-state index contributed by atoms with van der Waals surface area (Å²) in [5.41, 5.74) is 5.78. The van der Waals surface area contributed by atoms with Crippen LogP contribution in [0.3, 0.4) is 0 Å². The van der Waals surface area contributed by atoms with Crippen LogP contribution in [0.1, 0.15) is 25.7 Å². The zero-order chi connectivity index (χ0) is 15.3. The topological polar surface area (TPSA) is 55.6 Å². The molecule has 0 radical (unpaired) electrons. The summed E-state index contributed by atoms with van der Waals surface area (Å²) in [5.74, 6) is -0.0870. The maximum atomic E-state index is 13.4. The first-order valence-electron chi connectivity index (χ1n) is 7.38. The van der Waals surface area contributed by atoms with Crippen LogP contribution in [0.2, 0.25) is 0 Å². The second-order valence-corrected chi connectivity index (χ2v) is 5.83. The molecule has 1 fully saturated rings. The van der Waals surface area contributed by atoms with Crippen LogP contribution < -0.4 is 10.5 Å². The van der Waals surface area contributed by atoms with Gasteiger partial charge in [-0.3, -0.25) is 4.79 Å². The molecule has 1 saturated carbocycles. The van der Waals surface area contributed by atoms with Crippen molar-refractivity contribution in [2.45, 2.75) is 25.7 Å². The molecule has 1 aliphatic rings. The van der Waals surface area contributed by atoms with Gasteiger partial charge in [0.25, 0.3) is 0 Å². The fourth-order valence-electron chi connectivity index (χ4n) is 2.56. The molecule has 0 aromatic heterocycles. The molecule has 2 N–H and O–H groups in total. The molecule has 0 atom stereocenters. The van der Waals surface area contributed by atoms with Crippen molar-refractivity contribution in [1.29, 1.82) is 0 Å². The standard InChI is InChI=1S/C16H23FN2O2/c1-19(15(20)11-16(12-18)7-4-8-16)9-10-21-14-6-3-2-5-13(14)17/h2-3,5-6H,4,7-12,18H2,1H3. The fraction of sp³-hybridized carbons (Fsp3) is 0.562. The first kappa shape index (κ1) is 15.8. The van der Waals surface area contributed by atoms with Crippen molar-refractivity contribution in [3.8, 4) is 5.75 Å². The van der Waals surface area contributed by atoms with Gasteiger partial charge < -0.3 is 15.4 Å². The summed E-state index contributed by atoms with van der Waals surface area (Å²) in [6, 6.07) is 6.26. The van der Waals surface area contributed by atoms with Crippen LogP contribution in [0.25, 0.3) is 0 Å². The Morgan fingerprint density at radius 3 is 2.71 bits per heavy atom. The number of rotatable bonds is 7. The van der Waals surface area contributed by atoms with Gasteiger partial charge in [-0.2, -0.15) is 0 Å². The molecule has 1 aliphatic carbocycles. The lowest BCUT2D eigenvalue weighted by Gasteiger charge is -2.41. The molecule has 0 unspecified atom stereocenters. The largest absolute Gasteiger partial charge is 0.489 e. The van der Waals surface area contributed by atoms with Crippen molar-refractivity contribution < 1.29 is 13.9 Å². The van der Waals surface area contributed by atoms with Gasteiger partial charge in [-0.25, -0.2) is 4.39 Å². The maximum absolute atomic E-state index is 13.4. The van der Waals surface area contributed by atoms with E-state index in [0.29, 0.717) is 19.5 Å². The van der Waals surface area contributed by atoms with Crippen molar-refractivity contribution >= 4 is 5.91 Å². The van der Waals surface area contributed by atoms with E-state index in [1.165, 1.54) is 6.07 Å². The monoisotopic (exact) mass is 294 g/mol. The molecule has 5 heteroatoms. The van der Waals surface area contributed by atoms with Crippen molar-refractivity contribution in [1.82, 2.24) is 4.90 Å². The van der Waals surface area contributed by atoms with Gasteiger partial charge in [0.15, 0.2) is 11.6 Å². The van der Waals surface area contributed by atoms with Gasteiger partial charge in [0.1, 0.15) is 6.61 Å². The number of hydrogen-bond donors (Lipinski definition) is 1. The van der Waals surface area contributed by atoms with Gasteiger partial charge in [-0.1, -0.05) is 18.6 Å². The van der Waals surface area contributed by atoms with E-state index in [4.69, 9.17) is 10.5 Å². The Kier molecular flexibility index (Phi) is 5.17. The van der Waals surface area contributed by atoms with E-state index in [1.54, 1.807) is 30.1 Å². The third-order valence-corrected chi connectivity index (χ3v) is 4.32. The number of carbonyl (C=O) groups excluding carboxylic acids is 1. The third kappa shape index (κ3) is 3.94. The predicted octanol–water partition coefficient (Wildman–Crippen LogP) is 2.18. The Labute approximate surface area is 125 Å². The number of ether oxygens (including phenoxy) is 1. The molecule has 0 spiro atoms. The number of hydrogen-bond acceptors (Lipinski definition) is 3. The number of amides is 1. The van der Waals surface area contributed by atoms with Crippen LogP contribution >= 0.6 is 0 Å². The molecular formula is C16H23FN2O2. The smallest absolute Gasteiger partial charge is 0.223 e. The zero-order valence-corrected chi connectivity index (χ0v) is 12.5. The first-order chi connectivity index (χ1) is 10.1. The number of para-hydroxylation sites is 1. The van der Waals surface area contributed by atoms with E-state index >= 15 is 0 Å². The molecule has 1 aromatic rings. The highest BCUT2D eigenvalue weighted by Gasteiger charge is 2.38. The third-order valence-electron chi connectivity index (χ3n) is 4.32. The van der Waals surface area contributed by atoms with Crippen LogP contribution in [0.15, 0.2) is 24.3 Å². The van der Waals surface area contributed by atoms with Gasteiger partial charge >= 0.3 is 0 Å². The Morgan fingerprint density at radius 2 is 2.14 bits per heavy atom. The van der Waals surface area contributed by atoms with Crippen molar-refractivity contribution in [2.75, 3.05) is 26.7 Å². The van der Waals surface area contributed by atoms with Crippen LogP contribution in [0.4, 0.5) is 4.39 Å². The molecular weight excluding hydrogens is 271 g/mol. The minimum atomic E-state index is -0.386. The lowest BCUT2D eigenvalue weighted by Crippen LogP contribution is -2.43. The summed E-state index contributed by atoms with van der Waals surface area (Å²) in [6.07, 6.45) is 3.73. The number of benzene rings is 1. The normalized spacial score (nSPS) is 16.1. The molecule has 0 saturated heterocycles. The van der Waals surface area contributed by atoms with Crippen molar-refractivity contribution in [2.24, 2.45) is 11.1 Å². The van der Waals surface area contributed by atoms with E-state index in [1.807, 2.05) is 0 Å². The van der Waals surface area contributed by atoms with E-state index in [9.17, 15) is 9.18 Å². The molecule has 2 rings (SSSR count). The van der Waals surface area contributed by atoms with Crippen LogP contribution in [0, 0.1) is 11.2 Å². The van der Waals surface area contributed by atoms with Crippen LogP contribution in [0.5, 0.6) is 5.75 Å². The fourth-order valence-corrected chi connectivity index (χ4v) is 2.56. The summed E-state index contributed by atoms with van der Waals surface area (Å²) < 4.78 is 18.7. The maximum Gasteiger partial charge on any atom is 0.223 e. The summed E-state index contributed by atoms with van der Waals surface area (Å²) in [4.78, 5) is 13.8. The first-order valence-corrected chi connectivity index (χ1v) is 7.38. The quantitative estimate of drug-likeness (QED) is 0.838. The summed E-state index contributed by atoms with van der Waals surface area (Å²) in [7, 11) is 1.75. The SMILES string of the molecule is CN(CCOc1ccccc1F)C(=O)CC1(CN)CCC1. The molecule has 0 aliphatic heterocycles.